The molecular weight excluding hydrogens is 286 g/mol. The fourth-order valence-electron chi connectivity index (χ4n) is 3.51. The topological polar surface area (TPSA) is 36.4 Å². The molecule has 1 aliphatic heterocycles. The van der Waals surface area contributed by atoms with Crippen LogP contribution in [-0.2, 0) is 4.79 Å². The average Bonchev–Trinajstić information content (AvgIpc) is 3.40. The lowest BCUT2D eigenvalue weighted by atomic mass is 10.1. The number of rotatable bonds is 2. The van der Waals surface area contributed by atoms with Gasteiger partial charge in [0, 0.05) is 48.9 Å². The number of benzene rings is 1. The highest BCUT2D eigenvalue weighted by molar-refractivity contribution is 5.92. The predicted octanol–water partition coefficient (Wildman–Crippen LogP) is 2.99. The molecular formula is C19H23N3O. The molecule has 120 valence electrons. The summed E-state index contributed by atoms with van der Waals surface area (Å²) < 4.78 is 0. The predicted molar refractivity (Wildman–Crippen MR) is 92.6 cm³/mol. The minimum Gasteiger partial charge on any atom is -0.369 e. The van der Waals surface area contributed by atoms with Crippen LogP contribution in [0, 0.1) is 12.8 Å². The molecule has 0 unspecified atom stereocenters. The van der Waals surface area contributed by atoms with Crippen molar-refractivity contribution in [1.29, 1.82) is 0 Å². The molecule has 2 heterocycles. The second kappa shape index (κ2) is 5.84. The second-order valence-corrected chi connectivity index (χ2v) is 6.74. The summed E-state index contributed by atoms with van der Waals surface area (Å²) in [5.74, 6) is 0.702. The molecule has 23 heavy (non-hydrogen) atoms. The Morgan fingerprint density at radius 2 is 1.96 bits per heavy atom. The molecule has 4 nitrogen and oxygen atoms in total. The van der Waals surface area contributed by atoms with Gasteiger partial charge in [0.05, 0.1) is 5.52 Å². The number of hydrogen-bond donors (Lipinski definition) is 0. The smallest absolute Gasteiger partial charge is 0.225 e. The molecule has 1 aliphatic carbocycles. The van der Waals surface area contributed by atoms with Crippen molar-refractivity contribution in [2.75, 3.05) is 31.1 Å². The Balaban J connectivity index is 1.59. The van der Waals surface area contributed by atoms with Gasteiger partial charge in [0.25, 0.3) is 0 Å². The number of hydrogen-bond acceptors (Lipinski definition) is 3. The zero-order valence-corrected chi connectivity index (χ0v) is 13.7. The summed E-state index contributed by atoms with van der Waals surface area (Å²) in [5.41, 5.74) is 3.36. The van der Waals surface area contributed by atoms with Gasteiger partial charge < -0.3 is 9.80 Å². The Morgan fingerprint density at radius 1 is 1.13 bits per heavy atom. The summed E-state index contributed by atoms with van der Waals surface area (Å²) in [6.07, 6.45) is 3.22. The molecule has 2 fully saturated rings. The summed E-state index contributed by atoms with van der Waals surface area (Å²) >= 11 is 0. The highest BCUT2D eigenvalue weighted by Gasteiger charge is 2.34. The SMILES string of the molecule is Cc1cc(N2CCCN(C(=O)C3CC3)CC2)c2ccccc2n1. The molecule has 4 rings (SSSR count). The van der Waals surface area contributed by atoms with Crippen LogP contribution in [0.5, 0.6) is 0 Å². The monoisotopic (exact) mass is 309 g/mol. The zero-order valence-electron chi connectivity index (χ0n) is 13.7. The van der Waals surface area contributed by atoms with Crippen LogP contribution in [0.4, 0.5) is 5.69 Å². The van der Waals surface area contributed by atoms with E-state index in [1.807, 2.05) is 6.07 Å². The minimum atomic E-state index is 0.325. The fraction of sp³-hybridized carbons (Fsp3) is 0.474. The van der Waals surface area contributed by atoms with Crippen molar-refractivity contribution in [2.24, 2.45) is 5.92 Å². The molecule has 1 saturated heterocycles. The van der Waals surface area contributed by atoms with Crippen molar-refractivity contribution in [3.63, 3.8) is 0 Å². The van der Waals surface area contributed by atoms with Crippen LogP contribution in [0.15, 0.2) is 30.3 Å². The van der Waals surface area contributed by atoms with Gasteiger partial charge in [0.1, 0.15) is 0 Å². The van der Waals surface area contributed by atoms with Gasteiger partial charge in [-0.05, 0) is 38.3 Å². The van der Waals surface area contributed by atoms with Crippen LogP contribution in [0.1, 0.15) is 25.0 Å². The standard InChI is InChI=1S/C19H23N3O/c1-14-13-18(16-5-2-3-6-17(16)20-14)21-9-4-10-22(12-11-21)19(23)15-7-8-15/h2-3,5-6,13,15H,4,7-12H2,1H3. The van der Waals surface area contributed by atoms with Gasteiger partial charge in [-0.1, -0.05) is 18.2 Å². The van der Waals surface area contributed by atoms with E-state index in [2.05, 4.69) is 46.0 Å². The zero-order chi connectivity index (χ0) is 15.8. The third-order valence-corrected chi connectivity index (χ3v) is 4.90. The van der Waals surface area contributed by atoms with E-state index in [9.17, 15) is 4.79 Å². The van der Waals surface area contributed by atoms with Gasteiger partial charge in [0.15, 0.2) is 0 Å². The fourth-order valence-corrected chi connectivity index (χ4v) is 3.51. The first-order valence-corrected chi connectivity index (χ1v) is 8.62. The van der Waals surface area contributed by atoms with Crippen molar-refractivity contribution in [3.05, 3.63) is 36.0 Å². The Labute approximate surface area is 137 Å². The van der Waals surface area contributed by atoms with E-state index >= 15 is 0 Å². The number of anilines is 1. The van der Waals surface area contributed by atoms with Crippen LogP contribution in [0.2, 0.25) is 0 Å². The molecule has 0 spiro atoms. The van der Waals surface area contributed by atoms with Crippen molar-refractivity contribution in [2.45, 2.75) is 26.2 Å². The van der Waals surface area contributed by atoms with Gasteiger partial charge in [0.2, 0.25) is 5.91 Å². The van der Waals surface area contributed by atoms with Crippen molar-refractivity contribution in [3.8, 4) is 0 Å². The largest absolute Gasteiger partial charge is 0.369 e. The molecule has 1 amide bonds. The maximum absolute atomic E-state index is 12.3. The van der Waals surface area contributed by atoms with Crippen LogP contribution < -0.4 is 4.90 Å². The lowest BCUT2D eigenvalue weighted by molar-refractivity contribution is -0.132. The minimum absolute atomic E-state index is 0.325. The Hall–Kier alpha value is -2.10. The average molecular weight is 309 g/mol. The van der Waals surface area contributed by atoms with Crippen LogP contribution in [-0.4, -0.2) is 42.0 Å². The van der Waals surface area contributed by atoms with Crippen molar-refractivity contribution >= 4 is 22.5 Å². The molecule has 0 N–H and O–H groups in total. The van der Waals surface area contributed by atoms with Gasteiger partial charge in [-0.25, -0.2) is 0 Å². The summed E-state index contributed by atoms with van der Waals surface area (Å²) in [5, 5.41) is 1.21. The van der Waals surface area contributed by atoms with E-state index in [4.69, 9.17) is 0 Å². The van der Waals surface area contributed by atoms with E-state index in [1.165, 1.54) is 11.1 Å². The van der Waals surface area contributed by atoms with Crippen LogP contribution in [0.25, 0.3) is 10.9 Å². The number of aromatic nitrogens is 1. The second-order valence-electron chi connectivity index (χ2n) is 6.74. The van der Waals surface area contributed by atoms with Crippen molar-refractivity contribution in [1.82, 2.24) is 9.88 Å². The number of carbonyl (C=O) groups excluding carboxylic acids is 1. The first-order chi connectivity index (χ1) is 11.2. The van der Waals surface area contributed by atoms with Gasteiger partial charge in [-0.2, -0.15) is 0 Å². The molecule has 1 aromatic heterocycles. The Bertz CT molecular complexity index is 738. The van der Waals surface area contributed by atoms with E-state index in [0.29, 0.717) is 11.8 Å². The maximum atomic E-state index is 12.3. The Morgan fingerprint density at radius 3 is 2.78 bits per heavy atom. The maximum Gasteiger partial charge on any atom is 0.225 e. The molecule has 1 saturated carbocycles. The van der Waals surface area contributed by atoms with Crippen molar-refractivity contribution < 1.29 is 4.79 Å². The third kappa shape index (κ3) is 2.90. The summed E-state index contributed by atoms with van der Waals surface area (Å²) in [4.78, 5) is 21.5. The molecule has 4 heteroatoms. The van der Waals surface area contributed by atoms with Gasteiger partial charge in [-0.3, -0.25) is 9.78 Å². The lowest BCUT2D eigenvalue weighted by Crippen LogP contribution is -2.36. The molecule has 0 atom stereocenters. The van der Waals surface area contributed by atoms with Crippen LogP contribution >= 0.6 is 0 Å². The number of para-hydroxylation sites is 1. The number of pyridine rings is 1. The van der Waals surface area contributed by atoms with Crippen LogP contribution in [0.3, 0.4) is 0 Å². The molecule has 0 radical (unpaired) electrons. The number of fused-ring (bicyclic) bond motifs is 1. The summed E-state index contributed by atoms with van der Waals surface area (Å²) in [6, 6.07) is 10.5. The first kappa shape index (κ1) is 14.5. The number of carbonyl (C=O) groups is 1. The van der Waals surface area contributed by atoms with E-state index in [1.54, 1.807) is 0 Å². The van der Waals surface area contributed by atoms with E-state index < -0.39 is 0 Å². The highest BCUT2D eigenvalue weighted by Crippen LogP contribution is 2.32. The van der Waals surface area contributed by atoms with Gasteiger partial charge >= 0.3 is 0 Å². The third-order valence-electron chi connectivity index (χ3n) is 4.90. The molecule has 0 bridgehead atoms. The number of amides is 1. The highest BCUT2D eigenvalue weighted by atomic mass is 16.2. The Kier molecular flexibility index (Phi) is 3.68. The molecule has 1 aromatic carbocycles. The normalized spacial score (nSPS) is 19.0. The molecule has 2 aliphatic rings. The van der Waals surface area contributed by atoms with E-state index in [-0.39, 0.29) is 0 Å². The number of aryl methyl sites for hydroxylation is 1. The molecule has 2 aromatic rings. The lowest BCUT2D eigenvalue weighted by Gasteiger charge is -2.25. The quantitative estimate of drug-likeness (QED) is 0.855. The first-order valence-electron chi connectivity index (χ1n) is 8.62. The van der Waals surface area contributed by atoms with Gasteiger partial charge in [-0.15, -0.1) is 0 Å². The summed E-state index contributed by atoms with van der Waals surface area (Å²) in [7, 11) is 0. The van der Waals surface area contributed by atoms with E-state index in [0.717, 1.165) is 56.7 Å². The number of nitrogens with zero attached hydrogens (tertiary/aromatic N) is 3. The summed E-state index contributed by atoms with van der Waals surface area (Å²) in [6.45, 7) is 5.70.